The number of urea groups is 1. The second kappa shape index (κ2) is 7.73. The molecule has 1 aliphatic heterocycles. The van der Waals surface area contributed by atoms with Gasteiger partial charge < -0.3 is 4.74 Å². The lowest BCUT2D eigenvalue weighted by molar-refractivity contribution is -0.143. The van der Waals surface area contributed by atoms with Gasteiger partial charge in [-0.2, -0.15) is 31.6 Å². The Balaban J connectivity index is 2.78. The Bertz CT molecular complexity index is 869. The molecule has 0 saturated heterocycles. The monoisotopic (exact) mass is 421 g/mol. The molecule has 0 aromatic heterocycles. The first-order valence-electron chi connectivity index (χ1n) is 8.05. The van der Waals surface area contributed by atoms with Gasteiger partial charge in [0, 0.05) is 5.71 Å². The van der Waals surface area contributed by atoms with Crippen LogP contribution in [-0.2, 0) is 17.1 Å². The van der Waals surface area contributed by atoms with Crippen LogP contribution in [0.15, 0.2) is 23.2 Å². The Morgan fingerprint density at radius 1 is 1.17 bits per heavy atom. The maximum atomic E-state index is 13.2. The van der Waals surface area contributed by atoms with Gasteiger partial charge in [0.25, 0.3) is 0 Å². The fourth-order valence-electron chi connectivity index (χ4n) is 2.81. The summed E-state index contributed by atoms with van der Waals surface area (Å²) in [5.41, 5.74) is -4.14. The molecule has 2 unspecified atom stereocenters. The molecule has 0 aliphatic carbocycles. The first-order valence-corrected chi connectivity index (χ1v) is 8.05. The Labute approximate surface area is 160 Å². The van der Waals surface area contributed by atoms with Gasteiger partial charge in [0.05, 0.1) is 29.8 Å². The lowest BCUT2D eigenvalue weighted by Crippen LogP contribution is -2.47. The molecule has 6 nitrogen and oxygen atoms in total. The maximum absolute atomic E-state index is 13.2. The van der Waals surface area contributed by atoms with Gasteiger partial charge in [0.15, 0.2) is 0 Å². The number of carbonyl (C=O) groups is 2. The van der Waals surface area contributed by atoms with E-state index < -0.39 is 53.1 Å². The highest BCUT2D eigenvalue weighted by Crippen LogP contribution is 2.41. The molecule has 3 amide bonds. The molecule has 1 heterocycles. The number of rotatable bonds is 2. The quantitative estimate of drug-likeness (QED) is 0.632. The number of halogens is 6. The smallest absolute Gasteiger partial charge is 0.418 e. The number of hydrogen-bond acceptors (Lipinski definition) is 4. The zero-order chi connectivity index (χ0) is 22.1. The molecule has 0 fully saturated rings. The third-order valence-corrected chi connectivity index (χ3v) is 4.08. The van der Waals surface area contributed by atoms with Gasteiger partial charge in [-0.05, 0) is 37.6 Å². The molecule has 156 valence electrons. The van der Waals surface area contributed by atoms with E-state index in [-0.39, 0.29) is 23.3 Å². The summed E-state index contributed by atoms with van der Waals surface area (Å²) in [4.78, 5) is 28.1. The fourth-order valence-corrected chi connectivity index (χ4v) is 2.81. The van der Waals surface area contributed by atoms with Crippen molar-refractivity contribution in [3.05, 3.63) is 34.9 Å². The lowest BCUT2D eigenvalue weighted by atomic mass is 9.86. The molecular weight excluding hydrogens is 408 g/mol. The predicted octanol–water partition coefficient (Wildman–Crippen LogP) is 4.96. The lowest BCUT2D eigenvalue weighted by Gasteiger charge is -2.35. The highest BCUT2D eigenvalue weighted by Gasteiger charge is 2.45. The van der Waals surface area contributed by atoms with Crippen LogP contribution in [0.3, 0.4) is 0 Å². The van der Waals surface area contributed by atoms with E-state index in [2.05, 4.69) is 9.73 Å². The van der Waals surface area contributed by atoms with Crippen LogP contribution < -0.4 is 0 Å². The van der Waals surface area contributed by atoms with Crippen molar-refractivity contribution in [2.75, 3.05) is 6.61 Å². The van der Waals surface area contributed by atoms with Crippen LogP contribution in [0.1, 0.15) is 36.6 Å². The summed E-state index contributed by atoms with van der Waals surface area (Å²) >= 11 is 0. The first-order chi connectivity index (χ1) is 13.3. The van der Waals surface area contributed by atoms with E-state index in [1.165, 1.54) is 13.8 Å². The van der Waals surface area contributed by atoms with Gasteiger partial charge in [0.1, 0.15) is 5.92 Å². The van der Waals surface area contributed by atoms with Gasteiger partial charge in [-0.3, -0.25) is 0 Å². The second-order valence-corrected chi connectivity index (χ2v) is 6.00. The third kappa shape index (κ3) is 4.49. The van der Waals surface area contributed by atoms with E-state index in [0.29, 0.717) is 12.1 Å². The van der Waals surface area contributed by atoms with E-state index in [0.717, 1.165) is 0 Å². The third-order valence-electron chi connectivity index (χ3n) is 4.08. The number of nitrogens with zero attached hydrogens (tertiary/aromatic N) is 3. The SMILES string of the molecule is CCOC(=O)N1C(=O)N=C(C)C(C#N)C1c1cc(C(F)(F)F)cc(C(F)(F)F)c1. The van der Waals surface area contributed by atoms with Crippen molar-refractivity contribution < 1.29 is 40.7 Å². The summed E-state index contributed by atoms with van der Waals surface area (Å²) in [5.74, 6) is -1.47. The molecule has 1 aliphatic rings. The number of imide groups is 1. The van der Waals surface area contributed by atoms with Crippen LogP contribution in [0, 0.1) is 17.2 Å². The molecule has 0 radical (unpaired) electrons. The molecule has 0 saturated carbocycles. The molecule has 0 N–H and O–H groups in total. The second-order valence-electron chi connectivity index (χ2n) is 6.00. The Morgan fingerprint density at radius 3 is 2.10 bits per heavy atom. The molecule has 2 rings (SSSR count). The van der Waals surface area contributed by atoms with Crippen molar-refractivity contribution in [2.24, 2.45) is 10.9 Å². The van der Waals surface area contributed by atoms with Crippen molar-refractivity contribution in [3.63, 3.8) is 0 Å². The van der Waals surface area contributed by atoms with E-state index in [4.69, 9.17) is 0 Å². The van der Waals surface area contributed by atoms with Crippen molar-refractivity contribution in [3.8, 4) is 6.07 Å². The van der Waals surface area contributed by atoms with Crippen LogP contribution >= 0.6 is 0 Å². The van der Waals surface area contributed by atoms with Crippen LogP contribution in [0.25, 0.3) is 0 Å². The number of ether oxygens (including phenoxy) is 1. The van der Waals surface area contributed by atoms with Crippen molar-refractivity contribution in [1.82, 2.24) is 4.90 Å². The summed E-state index contributed by atoms with van der Waals surface area (Å²) < 4.78 is 83.8. The van der Waals surface area contributed by atoms with Gasteiger partial charge >= 0.3 is 24.5 Å². The van der Waals surface area contributed by atoms with Crippen molar-refractivity contribution in [2.45, 2.75) is 32.2 Å². The number of aliphatic imine (C=N–C) groups is 1. The fraction of sp³-hybridized carbons (Fsp3) is 0.412. The average Bonchev–Trinajstić information content (AvgIpc) is 2.59. The molecule has 29 heavy (non-hydrogen) atoms. The topological polar surface area (TPSA) is 82.8 Å². The molecule has 12 heteroatoms. The van der Waals surface area contributed by atoms with E-state index in [1.54, 1.807) is 6.07 Å². The largest absolute Gasteiger partial charge is 0.449 e. The Morgan fingerprint density at radius 2 is 1.69 bits per heavy atom. The van der Waals surface area contributed by atoms with Gasteiger partial charge in [-0.1, -0.05) is 0 Å². The van der Waals surface area contributed by atoms with E-state index >= 15 is 0 Å². The number of benzene rings is 1. The zero-order valence-electron chi connectivity index (χ0n) is 14.9. The summed E-state index contributed by atoms with van der Waals surface area (Å²) in [6, 6.07) is -0.739. The molecule has 2 atom stereocenters. The number of hydrogen-bond donors (Lipinski definition) is 0. The summed E-state index contributed by atoms with van der Waals surface area (Å²) in [6.07, 6.45) is -11.6. The minimum absolute atomic E-state index is 0.0921. The zero-order valence-corrected chi connectivity index (χ0v) is 14.9. The van der Waals surface area contributed by atoms with E-state index in [1.807, 2.05) is 0 Å². The van der Waals surface area contributed by atoms with Crippen molar-refractivity contribution >= 4 is 17.8 Å². The highest BCUT2D eigenvalue weighted by atomic mass is 19.4. The maximum Gasteiger partial charge on any atom is 0.418 e. The molecule has 0 spiro atoms. The Hall–Kier alpha value is -3.10. The number of carbonyl (C=O) groups excluding carboxylic acids is 2. The molecular formula is C17H13F6N3O3. The number of nitriles is 1. The minimum atomic E-state index is -5.14. The minimum Gasteiger partial charge on any atom is -0.449 e. The number of amides is 3. The van der Waals surface area contributed by atoms with Gasteiger partial charge in [-0.15, -0.1) is 0 Å². The molecule has 0 bridgehead atoms. The highest BCUT2D eigenvalue weighted by molar-refractivity contribution is 6.04. The van der Waals surface area contributed by atoms with Gasteiger partial charge in [-0.25, -0.2) is 19.5 Å². The standard InChI is InChI=1S/C17H13F6N3O3/c1-3-29-15(28)26-13(12(7-24)8(2)25-14(26)27)9-4-10(16(18,19)20)6-11(5-9)17(21,22)23/h4-6,12-13H,3H2,1-2H3. The van der Waals surface area contributed by atoms with Crippen LogP contribution in [0.4, 0.5) is 35.9 Å². The van der Waals surface area contributed by atoms with Crippen molar-refractivity contribution in [1.29, 1.82) is 5.26 Å². The first kappa shape index (κ1) is 22.2. The predicted molar refractivity (Wildman–Crippen MR) is 85.7 cm³/mol. The van der Waals surface area contributed by atoms with Crippen LogP contribution in [0.5, 0.6) is 0 Å². The summed E-state index contributed by atoms with van der Waals surface area (Å²) in [7, 11) is 0. The summed E-state index contributed by atoms with van der Waals surface area (Å²) in [5, 5.41) is 9.40. The molecule has 1 aromatic rings. The molecule has 1 aromatic carbocycles. The van der Waals surface area contributed by atoms with Crippen LogP contribution in [0.2, 0.25) is 0 Å². The van der Waals surface area contributed by atoms with Gasteiger partial charge in [0.2, 0.25) is 0 Å². The normalized spacial score (nSPS) is 20.2. The number of alkyl halides is 6. The Kier molecular flexibility index (Phi) is 5.91. The summed E-state index contributed by atoms with van der Waals surface area (Å²) in [6.45, 7) is 2.36. The van der Waals surface area contributed by atoms with E-state index in [9.17, 15) is 41.2 Å². The van der Waals surface area contributed by atoms with Crippen LogP contribution in [-0.4, -0.2) is 29.3 Å². The average molecular weight is 421 g/mol.